The number of hydrogen-bond acceptors (Lipinski definition) is 2. The molecule has 1 aliphatic heterocycles. The van der Waals surface area contributed by atoms with Crippen LogP contribution in [0.1, 0.15) is 52.9 Å². The maximum atomic E-state index is 5.81. The SMILES string of the molecule is CC(C)(C)N1CCC2(CCC(CN)C2)CC1. The van der Waals surface area contributed by atoms with Crippen molar-refractivity contribution in [1.82, 2.24) is 4.90 Å². The number of nitrogens with two attached hydrogens (primary N) is 1. The van der Waals surface area contributed by atoms with E-state index < -0.39 is 0 Å². The van der Waals surface area contributed by atoms with Crippen molar-refractivity contribution in [3.05, 3.63) is 0 Å². The van der Waals surface area contributed by atoms with E-state index in [1.165, 1.54) is 45.2 Å². The molecule has 2 aliphatic rings. The van der Waals surface area contributed by atoms with Gasteiger partial charge in [0.25, 0.3) is 0 Å². The Labute approximate surface area is 101 Å². The van der Waals surface area contributed by atoms with E-state index in [1.54, 1.807) is 0 Å². The van der Waals surface area contributed by atoms with Crippen molar-refractivity contribution < 1.29 is 0 Å². The third-order valence-corrected chi connectivity index (χ3v) is 4.91. The minimum atomic E-state index is 0.355. The smallest absolute Gasteiger partial charge is 0.0125 e. The first kappa shape index (κ1) is 12.4. The largest absolute Gasteiger partial charge is 0.330 e. The molecule has 0 aromatic rings. The molecule has 0 aromatic heterocycles. The Hall–Kier alpha value is -0.0800. The third kappa shape index (κ3) is 2.43. The van der Waals surface area contributed by atoms with Gasteiger partial charge in [-0.15, -0.1) is 0 Å². The van der Waals surface area contributed by atoms with Gasteiger partial charge in [0.15, 0.2) is 0 Å². The van der Waals surface area contributed by atoms with Crippen LogP contribution in [0.4, 0.5) is 0 Å². The van der Waals surface area contributed by atoms with E-state index in [-0.39, 0.29) is 0 Å². The van der Waals surface area contributed by atoms with Crippen LogP contribution in [0.2, 0.25) is 0 Å². The maximum Gasteiger partial charge on any atom is 0.0125 e. The highest BCUT2D eigenvalue weighted by Crippen LogP contribution is 2.49. The van der Waals surface area contributed by atoms with Crippen molar-refractivity contribution in [2.75, 3.05) is 19.6 Å². The molecule has 1 atom stereocenters. The Morgan fingerprint density at radius 3 is 2.25 bits per heavy atom. The first-order valence-electron chi connectivity index (χ1n) is 6.90. The molecule has 1 heterocycles. The normalized spacial score (nSPS) is 31.1. The second-order valence-electron chi connectivity index (χ2n) is 7.00. The molecule has 94 valence electrons. The maximum absolute atomic E-state index is 5.81. The van der Waals surface area contributed by atoms with Gasteiger partial charge in [0.2, 0.25) is 0 Å². The van der Waals surface area contributed by atoms with Crippen LogP contribution in [0.3, 0.4) is 0 Å². The zero-order valence-electron chi connectivity index (χ0n) is 11.3. The average Bonchev–Trinajstić information content (AvgIpc) is 2.61. The van der Waals surface area contributed by atoms with Gasteiger partial charge in [0, 0.05) is 5.54 Å². The van der Waals surface area contributed by atoms with Crippen LogP contribution in [-0.4, -0.2) is 30.1 Å². The van der Waals surface area contributed by atoms with Gasteiger partial charge in [-0.25, -0.2) is 0 Å². The molecule has 1 saturated carbocycles. The second kappa shape index (κ2) is 4.30. The van der Waals surface area contributed by atoms with Gasteiger partial charge in [0.05, 0.1) is 0 Å². The molecule has 0 bridgehead atoms. The Kier molecular flexibility index (Phi) is 3.33. The zero-order chi connectivity index (χ0) is 11.8. The van der Waals surface area contributed by atoms with Crippen LogP contribution in [0, 0.1) is 11.3 Å². The fourth-order valence-electron chi connectivity index (χ4n) is 3.63. The molecular formula is C14H28N2. The number of piperidine rings is 1. The van der Waals surface area contributed by atoms with Crippen LogP contribution < -0.4 is 5.73 Å². The minimum absolute atomic E-state index is 0.355. The molecule has 2 heteroatoms. The number of rotatable bonds is 1. The molecule has 1 unspecified atom stereocenters. The van der Waals surface area contributed by atoms with Gasteiger partial charge in [-0.1, -0.05) is 0 Å². The molecule has 2 fully saturated rings. The van der Waals surface area contributed by atoms with Crippen molar-refractivity contribution in [3.63, 3.8) is 0 Å². The summed E-state index contributed by atoms with van der Waals surface area (Å²) in [5.74, 6) is 0.821. The number of hydrogen-bond donors (Lipinski definition) is 1. The summed E-state index contributed by atoms with van der Waals surface area (Å²) in [6, 6.07) is 0. The summed E-state index contributed by atoms with van der Waals surface area (Å²) in [6.07, 6.45) is 7.03. The predicted octanol–water partition coefficient (Wildman–Crippen LogP) is 2.63. The van der Waals surface area contributed by atoms with E-state index in [9.17, 15) is 0 Å². The van der Waals surface area contributed by atoms with Gasteiger partial charge < -0.3 is 5.73 Å². The fraction of sp³-hybridized carbons (Fsp3) is 1.00. The third-order valence-electron chi connectivity index (χ3n) is 4.91. The van der Waals surface area contributed by atoms with Crippen LogP contribution in [0.15, 0.2) is 0 Å². The fourth-order valence-corrected chi connectivity index (χ4v) is 3.63. The van der Waals surface area contributed by atoms with Crippen molar-refractivity contribution in [3.8, 4) is 0 Å². The van der Waals surface area contributed by atoms with E-state index in [0.717, 1.165) is 12.5 Å². The standard InChI is InChI=1S/C14H28N2/c1-13(2,3)16-8-6-14(7-9-16)5-4-12(10-14)11-15/h12H,4-11,15H2,1-3H3. The summed E-state index contributed by atoms with van der Waals surface area (Å²) in [4.78, 5) is 2.65. The predicted molar refractivity (Wildman–Crippen MR) is 69.4 cm³/mol. The summed E-state index contributed by atoms with van der Waals surface area (Å²) in [7, 11) is 0. The van der Waals surface area contributed by atoms with Gasteiger partial charge in [-0.2, -0.15) is 0 Å². The molecule has 0 radical (unpaired) electrons. The first-order chi connectivity index (χ1) is 7.45. The molecule has 2 nitrogen and oxygen atoms in total. The average molecular weight is 224 g/mol. The molecule has 2 rings (SSSR count). The highest BCUT2D eigenvalue weighted by Gasteiger charge is 2.42. The van der Waals surface area contributed by atoms with Crippen LogP contribution in [0.25, 0.3) is 0 Å². The van der Waals surface area contributed by atoms with Crippen LogP contribution >= 0.6 is 0 Å². The monoisotopic (exact) mass is 224 g/mol. The quantitative estimate of drug-likeness (QED) is 0.742. The Balaban J connectivity index is 1.90. The van der Waals surface area contributed by atoms with Gasteiger partial charge in [-0.05, 0) is 83.8 Å². The summed E-state index contributed by atoms with van der Waals surface area (Å²) < 4.78 is 0. The van der Waals surface area contributed by atoms with E-state index >= 15 is 0 Å². The summed E-state index contributed by atoms with van der Waals surface area (Å²) in [6.45, 7) is 10.5. The highest BCUT2D eigenvalue weighted by molar-refractivity contribution is 4.95. The lowest BCUT2D eigenvalue weighted by atomic mass is 9.75. The first-order valence-corrected chi connectivity index (χ1v) is 6.90. The molecule has 16 heavy (non-hydrogen) atoms. The van der Waals surface area contributed by atoms with Gasteiger partial charge >= 0.3 is 0 Å². The zero-order valence-corrected chi connectivity index (χ0v) is 11.3. The van der Waals surface area contributed by atoms with E-state index in [2.05, 4.69) is 25.7 Å². The molecule has 0 aromatic carbocycles. The molecule has 1 spiro atoms. The van der Waals surface area contributed by atoms with Crippen LogP contribution in [-0.2, 0) is 0 Å². The second-order valence-corrected chi connectivity index (χ2v) is 7.00. The summed E-state index contributed by atoms with van der Waals surface area (Å²) in [5.41, 5.74) is 6.84. The Morgan fingerprint density at radius 2 is 1.81 bits per heavy atom. The van der Waals surface area contributed by atoms with E-state index in [1.807, 2.05) is 0 Å². The van der Waals surface area contributed by atoms with Crippen molar-refractivity contribution in [1.29, 1.82) is 0 Å². The highest BCUT2D eigenvalue weighted by atomic mass is 15.2. The molecular weight excluding hydrogens is 196 g/mol. The van der Waals surface area contributed by atoms with Crippen molar-refractivity contribution in [2.24, 2.45) is 17.1 Å². The lowest BCUT2D eigenvalue weighted by molar-refractivity contribution is 0.0437. The Morgan fingerprint density at radius 1 is 1.19 bits per heavy atom. The van der Waals surface area contributed by atoms with Crippen molar-refractivity contribution in [2.45, 2.75) is 58.4 Å². The van der Waals surface area contributed by atoms with E-state index in [0.29, 0.717) is 11.0 Å². The topological polar surface area (TPSA) is 29.3 Å². The number of nitrogens with zero attached hydrogens (tertiary/aromatic N) is 1. The lowest BCUT2D eigenvalue weighted by Gasteiger charge is -2.45. The summed E-state index contributed by atoms with van der Waals surface area (Å²) in [5, 5.41) is 0. The molecule has 1 aliphatic carbocycles. The van der Waals surface area contributed by atoms with Crippen LogP contribution in [0.5, 0.6) is 0 Å². The summed E-state index contributed by atoms with van der Waals surface area (Å²) >= 11 is 0. The lowest BCUT2D eigenvalue weighted by Crippen LogP contribution is -2.48. The van der Waals surface area contributed by atoms with Crippen molar-refractivity contribution >= 4 is 0 Å². The molecule has 1 saturated heterocycles. The van der Waals surface area contributed by atoms with Gasteiger partial charge in [-0.3, -0.25) is 4.90 Å². The van der Waals surface area contributed by atoms with Gasteiger partial charge in [0.1, 0.15) is 0 Å². The van der Waals surface area contributed by atoms with E-state index in [4.69, 9.17) is 5.73 Å². The molecule has 0 amide bonds. The molecule has 2 N–H and O–H groups in total. The number of likely N-dealkylation sites (tertiary alicyclic amines) is 1. The Bertz CT molecular complexity index is 234. The minimum Gasteiger partial charge on any atom is -0.330 e.